The zero-order valence-electron chi connectivity index (χ0n) is 11.1. The van der Waals surface area contributed by atoms with Crippen molar-refractivity contribution in [2.45, 2.75) is 38.9 Å². The van der Waals surface area contributed by atoms with Gasteiger partial charge in [0.2, 0.25) is 5.91 Å². The van der Waals surface area contributed by atoms with Crippen LogP contribution in [0.4, 0.5) is 0 Å². The second kappa shape index (κ2) is 9.55. The number of morpholine rings is 1. The van der Waals surface area contributed by atoms with E-state index in [0.29, 0.717) is 26.0 Å². The molecule has 1 aliphatic heterocycles. The predicted molar refractivity (Wildman–Crippen MR) is 72.9 cm³/mol. The van der Waals surface area contributed by atoms with Crippen LogP contribution in [-0.4, -0.2) is 49.5 Å². The van der Waals surface area contributed by atoms with Crippen molar-refractivity contribution >= 4 is 18.3 Å². The van der Waals surface area contributed by atoms with Crippen LogP contribution in [0.1, 0.15) is 26.7 Å². The third-order valence-electron chi connectivity index (χ3n) is 2.95. The van der Waals surface area contributed by atoms with Crippen molar-refractivity contribution < 1.29 is 14.6 Å². The van der Waals surface area contributed by atoms with Gasteiger partial charge in [-0.3, -0.25) is 4.79 Å². The first-order valence-corrected chi connectivity index (χ1v) is 6.36. The van der Waals surface area contributed by atoms with Crippen LogP contribution >= 0.6 is 12.4 Å². The van der Waals surface area contributed by atoms with Crippen LogP contribution in [0, 0.1) is 5.92 Å². The van der Waals surface area contributed by atoms with Gasteiger partial charge in [-0.2, -0.15) is 0 Å². The maximum absolute atomic E-state index is 11.6. The lowest BCUT2D eigenvalue weighted by Gasteiger charge is -2.23. The highest BCUT2D eigenvalue weighted by Gasteiger charge is 2.17. The Morgan fingerprint density at radius 1 is 1.56 bits per heavy atom. The van der Waals surface area contributed by atoms with Crippen molar-refractivity contribution in [2.24, 2.45) is 5.92 Å². The summed E-state index contributed by atoms with van der Waals surface area (Å²) in [7, 11) is 0. The minimum atomic E-state index is -0.345. The Bertz CT molecular complexity index is 233. The predicted octanol–water partition coefficient (Wildman–Crippen LogP) is 0.310. The third-order valence-corrected chi connectivity index (χ3v) is 2.95. The SMILES string of the molecule is CC(C)C(O)CCNC(=O)CC1CNCCO1.Cl. The van der Waals surface area contributed by atoms with E-state index in [4.69, 9.17) is 4.74 Å². The van der Waals surface area contributed by atoms with Gasteiger partial charge in [0, 0.05) is 19.6 Å². The van der Waals surface area contributed by atoms with Crippen molar-refractivity contribution in [2.75, 3.05) is 26.2 Å². The summed E-state index contributed by atoms with van der Waals surface area (Å²) in [6, 6.07) is 0. The van der Waals surface area contributed by atoms with Crippen molar-refractivity contribution in [3.05, 3.63) is 0 Å². The quantitative estimate of drug-likeness (QED) is 0.655. The molecule has 6 heteroatoms. The number of hydrogen-bond acceptors (Lipinski definition) is 4. The lowest BCUT2D eigenvalue weighted by molar-refractivity contribution is -0.124. The number of hydrogen-bond donors (Lipinski definition) is 3. The molecule has 108 valence electrons. The molecule has 1 rings (SSSR count). The highest BCUT2D eigenvalue weighted by atomic mass is 35.5. The molecule has 1 aliphatic rings. The molecule has 0 aromatic heterocycles. The molecule has 5 nitrogen and oxygen atoms in total. The van der Waals surface area contributed by atoms with Gasteiger partial charge in [-0.15, -0.1) is 12.4 Å². The number of aliphatic hydroxyl groups is 1. The minimum absolute atomic E-state index is 0. The van der Waals surface area contributed by atoms with Crippen LogP contribution in [0.3, 0.4) is 0 Å². The molecule has 0 saturated carbocycles. The molecular formula is C12H25ClN2O3. The highest BCUT2D eigenvalue weighted by Crippen LogP contribution is 2.05. The molecule has 0 spiro atoms. The first kappa shape index (κ1) is 17.6. The van der Waals surface area contributed by atoms with E-state index in [0.717, 1.165) is 13.1 Å². The van der Waals surface area contributed by atoms with E-state index in [1.54, 1.807) is 0 Å². The molecule has 2 atom stereocenters. The average Bonchev–Trinajstić information content (AvgIpc) is 2.30. The molecule has 2 unspecified atom stereocenters. The number of rotatable bonds is 6. The molecular weight excluding hydrogens is 256 g/mol. The van der Waals surface area contributed by atoms with Gasteiger partial charge in [-0.05, 0) is 12.3 Å². The van der Waals surface area contributed by atoms with Crippen LogP contribution in [0.5, 0.6) is 0 Å². The molecule has 3 N–H and O–H groups in total. The van der Waals surface area contributed by atoms with Crippen LogP contribution < -0.4 is 10.6 Å². The van der Waals surface area contributed by atoms with Gasteiger partial charge in [0.05, 0.1) is 25.2 Å². The number of halogens is 1. The van der Waals surface area contributed by atoms with Gasteiger partial charge in [-0.1, -0.05) is 13.8 Å². The van der Waals surface area contributed by atoms with Crippen molar-refractivity contribution in [1.82, 2.24) is 10.6 Å². The topological polar surface area (TPSA) is 70.6 Å². The van der Waals surface area contributed by atoms with Crippen LogP contribution in [0.25, 0.3) is 0 Å². The molecule has 0 bridgehead atoms. The highest BCUT2D eigenvalue weighted by molar-refractivity contribution is 5.85. The summed E-state index contributed by atoms with van der Waals surface area (Å²) in [5, 5.41) is 15.6. The fourth-order valence-corrected chi connectivity index (χ4v) is 1.72. The van der Waals surface area contributed by atoms with Gasteiger partial charge < -0.3 is 20.5 Å². The monoisotopic (exact) mass is 280 g/mol. The molecule has 0 radical (unpaired) electrons. The minimum Gasteiger partial charge on any atom is -0.393 e. The van der Waals surface area contributed by atoms with Gasteiger partial charge >= 0.3 is 0 Å². The second-order valence-corrected chi connectivity index (χ2v) is 4.85. The standard InChI is InChI=1S/C12H24N2O3.ClH/c1-9(2)11(15)3-4-14-12(16)7-10-8-13-5-6-17-10;/h9-11,13,15H,3-8H2,1-2H3,(H,14,16);1H. The molecule has 18 heavy (non-hydrogen) atoms. The van der Waals surface area contributed by atoms with Crippen LogP contribution in [0.2, 0.25) is 0 Å². The third kappa shape index (κ3) is 7.16. The molecule has 1 fully saturated rings. The number of ether oxygens (including phenoxy) is 1. The van der Waals surface area contributed by atoms with E-state index < -0.39 is 0 Å². The van der Waals surface area contributed by atoms with Crippen LogP contribution in [0.15, 0.2) is 0 Å². The summed E-state index contributed by atoms with van der Waals surface area (Å²) >= 11 is 0. The number of carbonyl (C=O) groups excluding carboxylic acids is 1. The van der Waals surface area contributed by atoms with E-state index >= 15 is 0 Å². The maximum Gasteiger partial charge on any atom is 0.222 e. The Morgan fingerprint density at radius 3 is 2.83 bits per heavy atom. The Morgan fingerprint density at radius 2 is 2.28 bits per heavy atom. The summed E-state index contributed by atoms with van der Waals surface area (Å²) in [6.45, 7) is 6.73. The lowest BCUT2D eigenvalue weighted by Crippen LogP contribution is -2.41. The Kier molecular flexibility index (Phi) is 9.36. The summed E-state index contributed by atoms with van der Waals surface area (Å²) in [5.41, 5.74) is 0. The summed E-state index contributed by atoms with van der Waals surface area (Å²) in [5.74, 6) is 0.229. The largest absolute Gasteiger partial charge is 0.393 e. The van der Waals surface area contributed by atoms with Gasteiger partial charge in [0.15, 0.2) is 0 Å². The van der Waals surface area contributed by atoms with Gasteiger partial charge in [0.25, 0.3) is 0 Å². The first-order chi connectivity index (χ1) is 8.09. The number of amides is 1. The van der Waals surface area contributed by atoms with Gasteiger partial charge in [0.1, 0.15) is 0 Å². The van der Waals surface area contributed by atoms with Crippen molar-refractivity contribution in [1.29, 1.82) is 0 Å². The second-order valence-electron chi connectivity index (χ2n) is 4.85. The smallest absolute Gasteiger partial charge is 0.222 e. The zero-order valence-corrected chi connectivity index (χ0v) is 12.0. The molecule has 1 saturated heterocycles. The van der Waals surface area contributed by atoms with Crippen molar-refractivity contribution in [3.63, 3.8) is 0 Å². The number of carbonyl (C=O) groups is 1. The fourth-order valence-electron chi connectivity index (χ4n) is 1.72. The number of aliphatic hydroxyl groups excluding tert-OH is 1. The summed E-state index contributed by atoms with van der Waals surface area (Å²) < 4.78 is 5.44. The molecule has 0 aromatic rings. The molecule has 0 aliphatic carbocycles. The normalized spacial score (nSPS) is 21.2. The molecule has 1 amide bonds. The maximum atomic E-state index is 11.6. The number of nitrogens with one attached hydrogen (secondary N) is 2. The summed E-state index contributed by atoms with van der Waals surface area (Å²) in [4.78, 5) is 11.6. The molecule has 0 aromatic carbocycles. The molecule has 1 heterocycles. The van der Waals surface area contributed by atoms with Crippen LogP contribution in [-0.2, 0) is 9.53 Å². The van der Waals surface area contributed by atoms with E-state index in [-0.39, 0.29) is 36.4 Å². The Labute approximate surface area is 115 Å². The Balaban J connectivity index is 0.00000289. The fraction of sp³-hybridized carbons (Fsp3) is 0.917. The van der Waals surface area contributed by atoms with E-state index in [9.17, 15) is 9.90 Å². The van der Waals surface area contributed by atoms with E-state index in [2.05, 4.69) is 10.6 Å². The van der Waals surface area contributed by atoms with E-state index in [1.165, 1.54) is 0 Å². The lowest BCUT2D eigenvalue weighted by atomic mass is 10.0. The van der Waals surface area contributed by atoms with Gasteiger partial charge in [-0.25, -0.2) is 0 Å². The first-order valence-electron chi connectivity index (χ1n) is 6.36. The summed E-state index contributed by atoms with van der Waals surface area (Å²) in [6.07, 6.45) is 0.638. The van der Waals surface area contributed by atoms with E-state index in [1.807, 2.05) is 13.8 Å². The van der Waals surface area contributed by atoms with Crippen molar-refractivity contribution in [3.8, 4) is 0 Å². The zero-order chi connectivity index (χ0) is 12.7. The average molecular weight is 281 g/mol. The Hall–Kier alpha value is -0.360.